The predicted octanol–water partition coefficient (Wildman–Crippen LogP) is 3.19. The molecule has 2 N–H and O–H groups in total. The molecule has 0 saturated carbocycles. The minimum atomic E-state index is -0.197. The minimum absolute atomic E-state index is 0.197. The standard InChI is InChI=1S/C14H27NO2/c1-4-6-8-13(9-7-5-2)12(3)14(16)17-11-10-15/h4-11,15H2,1-3H3. The minimum Gasteiger partial charge on any atom is -0.461 e. The number of ether oxygens (including phenoxy) is 1. The maximum atomic E-state index is 11.7. The number of hydrogen-bond donors (Lipinski definition) is 1. The Morgan fingerprint density at radius 1 is 1.12 bits per heavy atom. The van der Waals surface area contributed by atoms with Gasteiger partial charge in [0.05, 0.1) is 0 Å². The van der Waals surface area contributed by atoms with Crippen molar-refractivity contribution in [1.82, 2.24) is 0 Å². The van der Waals surface area contributed by atoms with Gasteiger partial charge in [0.15, 0.2) is 0 Å². The first kappa shape index (κ1) is 16.2. The van der Waals surface area contributed by atoms with Gasteiger partial charge >= 0.3 is 5.97 Å². The van der Waals surface area contributed by atoms with Gasteiger partial charge in [-0.2, -0.15) is 0 Å². The first-order valence-corrected chi connectivity index (χ1v) is 6.73. The molecule has 17 heavy (non-hydrogen) atoms. The van der Waals surface area contributed by atoms with Crippen LogP contribution in [0.3, 0.4) is 0 Å². The van der Waals surface area contributed by atoms with Gasteiger partial charge in [-0.05, 0) is 32.6 Å². The SMILES string of the molecule is CCCCC(CCCC)=C(C)C(=O)OCCN. The van der Waals surface area contributed by atoms with Gasteiger partial charge in [0.1, 0.15) is 6.61 Å². The molecule has 0 aromatic heterocycles. The van der Waals surface area contributed by atoms with E-state index in [1.54, 1.807) is 0 Å². The molecule has 100 valence electrons. The monoisotopic (exact) mass is 241 g/mol. The molecule has 0 heterocycles. The second kappa shape index (κ2) is 10.3. The Bertz CT molecular complexity index is 237. The van der Waals surface area contributed by atoms with Gasteiger partial charge in [-0.3, -0.25) is 0 Å². The summed E-state index contributed by atoms with van der Waals surface area (Å²) in [6.45, 7) is 6.90. The molecule has 0 aliphatic rings. The molecule has 0 unspecified atom stereocenters. The summed E-state index contributed by atoms with van der Waals surface area (Å²) in [5.41, 5.74) is 7.37. The van der Waals surface area contributed by atoms with E-state index in [2.05, 4.69) is 13.8 Å². The van der Waals surface area contributed by atoms with E-state index in [4.69, 9.17) is 10.5 Å². The topological polar surface area (TPSA) is 52.3 Å². The van der Waals surface area contributed by atoms with Crippen LogP contribution in [-0.2, 0) is 9.53 Å². The van der Waals surface area contributed by atoms with Crippen molar-refractivity contribution in [3.8, 4) is 0 Å². The second-order valence-electron chi connectivity index (χ2n) is 4.36. The molecule has 0 amide bonds. The molecular weight excluding hydrogens is 214 g/mol. The van der Waals surface area contributed by atoms with Gasteiger partial charge in [0, 0.05) is 12.1 Å². The number of rotatable bonds is 9. The third-order valence-corrected chi connectivity index (χ3v) is 2.85. The highest BCUT2D eigenvalue weighted by molar-refractivity contribution is 5.88. The number of hydrogen-bond acceptors (Lipinski definition) is 3. The lowest BCUT2D eigenvalue weighted by Gasteiger charge is -2.11. The predicted molar refractivity (Wildman–Crippen MR) is 71.8 cm³/mol. The molecule has 0 aromatic rings. The largest absolute Gasteiger partial charge is 0.461 e. The molecule has 0 atom stereocenters. The van der Waals surface area contributed by atoms with Crippen molar-refractivity contribution in [2.45, 2.75) is 59.3 Å². The van der Waals surface area contributed by atoms with E-state index < -0.39 is 0 Å². The average molecular weight is 241 g/mol. The fourth-order valence-corrected chi connectivity index (χ4v) is 1.68. The van der Waals surface area contributed by atoms with E-state index in [-0.39, 0.29) is 5.97 Å². The fourth-order valence-electron chi connectivity index (χ4n) is 1.68. The van der Waals surface area contributed by atoms with Gasteiger partial charge in [0.25, 0.3) is 0 Å². The quantitative estimate of drug-likeness (QED) is 0.498. The van der Waals surface area contributed by atoms with Gasteiger partial charge < -0.3 is 10.5 Å². The third kappa shape index (κ3) is 7.16. The lowest BCUT2D eigenvalue weighted by Crippen LogP contribution is -2.15. The Balaban J connectivity index is 4.50. The van der Waals surface area contributed by atoms with Crippen molar-refractivity contribution in [3.05, 3.63) is 11.1 Å². The maximum Gasteiger partial charge on any atom is 0.333 e. The molecule has 3 nitrogen and oxygen atoms in total. The number of unbranched alkanes of at least 4 members (excludes halogenated alkanes) is 2. The molecule has 0 aliphatic carbocycles. The summed E-state index contributed by atoms with van der Waals surface area (Å²) in [7, 11) is 0. The van der Waals surface area contributed by atoms with Gasteiger partial charge in [-0.25, -0.2) is 4.79 Å². The van der Waals surface area contributed by atoms with Crippen LogP contribution in [0.1, 0.15) is 59.3 Å². The Morgan fingerprint density at radius 2 is 1.65 bits per heavy atom. The summed E-state index contributed by atoms with van der Waals surface area (Å²) in [5.74, 6) is -0.197. The molecule has 0 bridgehead atoms. The van der Waals surface area contributed by atoms with E-state index >= 15 is 0 Å². The molecule has 0 aromatic carbocycles. The molecule has 0 saturated heterocycles. The molecular formula is C14H27NO2. The van der Waals surface area contributed by atoms with Gasteiger partial charge in [0.2, 0.25) is 0 Å². The van der Waals surface area contributed by atoms with E-state index in [9.17, 15) is 4.79 Å². The van der Waals surface area contributed by atoms with Crippen LogP contribution < -0.4 is 5.73 Å². The Morgan fingerprint density at radius 3 is 2.06 bits per heavy atom. The van der Waals surface area contributed by atoms with Crippen molar-refractivity contribution in [1.29, 1.82) is 0 Å². The van der Waals surface area contributed by atoms with E-state index in [1.165, 1.54) is 5.57 Å². The van der Waals surface area contributed by atoms with Crippen molar-refractivity contribution in [2.24, 2.45) is 5.73 Å². The van der Waals surface area contributed by atoms with Crippen molar-refractivity contribution in [2.75, 3.05) is 13.2 Å². The fraction of sp³-hybridized carbons (Fsp3) is 0.786. The van der Waals surface area contributed by atoms with Crippen LogP contribution in [0.5, 0.6) is 0 Å². The van der Waals surface area contributed by atoms with E-state index in [0.29, 0.717) is 13.2 Å². The molecule has 0 spiro atoms. The van der Waals surface area contributed by atoms with Gasteiger partial charge in [-0.15, -0.1) is 0 Å². The smallest absolute Gasteiger partial charge is 0.333 e. The van der Waals surface area contributed by atoms with Crippen LogP contribution in [-0.4, -0.2) is 19.1 Å². The van der Waals surface area contributed by atoms with Crippen molar-refractivity contribution < 1.29 is 9.53 Å². The zero-order chi connectivity index (χ0) is 13.1. The number of esters is 1. The highest BCUT2D eigenvalue weighted by atomic mass is 16.5. The Hall–Kier alpha value is -0.830. The Kier molecular flexibility index (Phi) is 9.83. The van der Waals surface area contributed by atoms with E-state index in [0.717, 1.165) is 44.1 Å². The maximum absolute atomic E-state index is 11.7. The summed E-state index contributed by atoms with van der Waals surface area (Å²) < 4.78 is 5.07. The molecule has 0 rings (SSSR count). The lowest BCUT2D eigenvalue weighted by molar-refractivity contribution is -0.138. The second-order valence-corrected chi connectivity index (χ2v) is 4.36. The molecule has 0 fully saturated rings. The zero-order valence-corrected chi connectivity index (χ0v) is 11.6. The Labute approximate surface area is 105 Å². The van der Waals surface area contributed by atoms with Crippen LogP contribution in [0.2, 0.25) is 0 Å². The number of allylic oxidation sites excluding steroid dienone is 1. The van der Waals surface area contributed by atoms with Crippen LogP contribution in [0.15, 0.2) is 11.1 Å². The summed E-state index contributed by atoms with van der Waals surface area (Å²) in [5, 5.41) is 0. The van der Waals surface area contributed by atoms with Crippen LogP contribution >= 0.6 is 0 Å². The summed E-state index contributed by atoms with van der Waals surface area (Å²) >= 11 is 0. The molecule has 0 aliphatic heterocycles. The number of carbonyl (C=O) groups excluding carboxylic acids is 1. The summed E-state index contributed by atoms with van der Waals surface area (Å²) in [6.07, 6.45) is 6.61. The third-order valence-electron chi connectivity index (χ3n) is 2.85. The van der Waals surface area contributed by atoms with Crippen molar-refractivity contribution >= 4 is 5.97 Å². The van der Waals surface area contributed by atoms with E-state index in [1.807, 2.05) is 6.92 Å². The van der Waals surface area contributed by atoms with Crippen molar-refractivity contribution in [3.63, 3.8) is 0 Å². The number of carbonyl (C=O) groups is 1. The highest BCUT2D eigenvalue weighted by Gasteiger charge is 2.11. The normalized spacial score (nSPS) is 10.1. The first-order chi connectivity index (χ1) is 8.17. The highest BCUT2D eigenvalue weighted by Crippen LogP contribution is 2.20. The first-order valence-electron chi connectivity index (χ1n) is 6.73. The van der Waals surface area contributed by atoms with Crippen LogP contribution in [0, 0.1) is 0 Å². The number of nitrogens with two attached hydrogens (primary N) is 1. The van der Waals surface area contributed by atoms with Gasteiger partial charge in [-0.1, -0.05) is 32.3 Å². The summed E-state index contributed by atoms with van der Waals surface area (Å²) in [4.78, 5) is 11.7. The lowest BCUT2D eigenvalue weighted by atomic mass is 9.98. The zero-order valence-electron chi connectivity index (χ0n) is 11.6. The van der Waals surface area contributed by atoms with Crippen LogP contribution in [0.4, 0.5) is 0 Å². The molecule has 3 heteroatoms. The van der Waals surface area contributed by atoms with Crippen LogP contribution in [0.25, 0.3) is 0 Å². The molecule has 0 radical (unpaired) electrons. The summed E-state index contributed by atoms with van der Waals surface area (Å²) in [6, 6.07) is 0. The average Bonchev–Trinajstić information content (AvgIpc) is 2.35.